The van der Waals surface area contributed by atoms with Gasteiger partial charge in [0.15, 0.2) is 9.84 Å². The molecule has 1 heterocycles. The van der Waals surface area contributed by atoms with Crippen molar-refractivity contribution in [1.29, 1.82) is 0 Å². The molecule has 17 heavy (non-hydrogen) atoms. The second-order valence-corrected chi connectivity index (χ2v) is 6.38. The predicted octanol–water partition coefficient (Wildman–Crippen LogP) is 0.888. The van der Waals surface area contributed by atoms with Crippen LogP contribution in [0, 0.1) is 0 Å². The van der Waals surface area contributed by atoms with E-state index in [0.29, 0.717) is 10.9 Å². The van der Waals surface area contributed by atoms with Crippen LogP contribution in [0.1, 0.15) is 6.92 Å². The van der Waals surface area contributed by atoms with Gasteiger partial charge in [-0.25, -0.2) is 8.42 Å². The van der Waals surface area contributed by atoms with Gasteiger partial charge in [-0.05, 0) is 31.2 Å². The fraction of sp³-hybridized carbons (Fsp3) is 0.500. The first-order valence-corrected chi connectivity index (χ1v) is 7.69. The molecular weight excluding hydrogens is 236 g/mol. The molecule has 1 aromatic carbocycles. The topological polar surface area (TPSA) is 49.4 Å². The van der Waals surface area contributed by atoms with Crippen LogP contribution < -0.4 is 10.2 Å². The van der Waals surface area contributed by atoms with Crippen molar-refractivity contribution in [3.8, 4) is 0 Å². The number of anilines is 1. The van der Waals surface area contributed by atoms with E-state index in [1.165, 1.54) is 6.26 Å². The third-order valence-corrected chi connectivity index (χ3v) is 4.27. The summed E-state index contributed by atoms with van der Waals surface area (Å²) in [4.78, 5) is 2.67. The van der Waals surface area contributed by atoms with E-state index in [2.05, 4.69) is 17.1 Å². The highest BCUT2D eigenvalue weighted by Crippen LogP contribution is 2.21. The van der Waals surface area contributed by atoms with Gasteiger partial charge in [0.25, 0.3) is 0 Å². The molecule has 0 aliphatic carbocycles. The normalized spacial score (nSPS) is 16.6. The minimum absolute atomic E-state index is 0.379. The van der Waals surface area contributed by atoms with E-state index in [1.807, 2.05) is 12.1 Å². The van der Waals surface area contributed by atoms with E-state index in [0.717, 1.165) is 25.3 Å². The lowest BCUT2D eigenvalue weighted by Crippen LogP contribution is -2.57. The molecule has 1 N–H and O–H groups in total. The van der Waals surface area contributed by atoms with Gasteiger partial charge in [-0.3, -0.25) is 0 Å². The summed E-state index contributed by atoms with van der Waals surface area (Å²) in [7, 11) is -3.09. The number of nitrogens with zero attached hydrogens (tertiary/aromatic N) is 1. The molecule has 5 heteroatoms. The molecule has 94 valence electrons. The lowest BCUT2D eigenvalue weighted by atomic mass is 10.1. The summed E-state index contributed by atoms with van der Waals surface area (Å²) in [5.74, 6) is 0. The Hall–Kier alpha value is -1.07. The second-order valence-electron chi connectivity index (χ2n) is 4.36. The Morgan fingerprint density at radius 2 is 1.88 bits per heavy atom. The van der Waals surface area contributed by atoms with Gasteiger partial charge in [-0.15, -0.1) is 0 Å². The van der Waals surface area contributed by atoms with Crippen molar-refractivity contribution < 1.29 is 8.42 Å². The molecule has 4 nitrogen and oxygen atoms in total. The highest BCUT2D eigenvalue weighted by Gasteiger charge is 2.23. The van der Waals surface area contributed by atoms with E-state index in [9.17, 15) is 8.42 Å². The van der Waals surface area contributed by atoms with E-state index in [4.69, 9.17) is 0 Å². The van der Waals surface area contributed by atoms with Crippen LogP contribution in [0.5, 0.6) is 0 Å². The summed E-state index contributed by atoms with van der Waals surface area (Å²) in [5.41, 5.74) is 1.09. The Labute approximate surface area is 103 Å². The van der Waals surface area contributed by atoms with Crippen LogP contribution in [0.4, 0.5) is 5.69 Å². The average molecular weight is 254 g/mol. The molecule has 0 radical (unpaired) electrons. The zero-order valence-electron chi connectivity index (χ0n) is 10.2. The summed E-state index contributed by atoms with van der Waals surface area (Å²) in [6.07, 6.45) is 1.23. The van der Waals surface area contributed by atoms with Crippen molar-refractivity contribution in [3.05, 3.63) is 24.3 Å². The SMILES string of the molecule is CCN(c1ccc(S(C)(=O)=O)cc1)C1CNC1. The highest BCUT2D eigenvalue weighted by atomic mass is 32.2. The van der Waals surface area contributed by atoms with E-state index in [1.54, 1.807) is 12.1 Å². The fourth-order valence-electron chi connectivity index (χ4n) is 2.03. The Bertz CT molecular complexity index is 478. The van der Waals surface area contributed by atoms with Crippen LogP contribution in [-0.4, -0.2) is 40.3 Å². The summed E-state index contributed by atoms with van der Waals surface area (Å²) in [5, 5.41) is 3.24. The molecule has 0 aromatic heterocycles. The van der Waals surface area contributed by atoms with Crippen LogP contribution in [-0.2, 0) is 9.84 Å². The van der Waals surface area contributed by atoms with Crippen molar-refractivity contribution in [2.75, 3.05) is 30.8 Å². The lowest BCUT2D eigenvalue weighted by Gasteiger charge is -2.39. The number of likely N-dealkylation sites (N-methyl/N-ethyl adjacent to an activating group) is 1. The first kappa shape index (κ1) is 12.4. The van der Waals surface area contributed by atoms with Crippen LogP contribution in [0.15, 0.2) is 29.2 Å². The number of hydrogen-bond donors (Lipinski definition) is 1. The van der Waals surface area contributed by atoms with E-state index >= 15 is 0 Å². The summed E-state index contributed by atoms with van der Waals surface area (Å²) in [6.45, 7) is 5.05. The summed E-state index contributed by atoms with van der Waals surface area (Å²) in [6, 6.07) is 7.67. The average Bonchev–Trinajstić information content (AvgIpc) is 2.22. The molecule has 2 rings (SSSR count). The number of nitrogens with one attached hydrogen (secondary N) is 1. The van der Waals surface area contributed by atoms with Crippen LogP contribution in [0.25, 0.3) is 0 Å². The van der Waals surface area contributed by atoms with Gasteiger partial charge in [0.2, 0.25) is 0 Å². The quantitative estimate of drug-likeness (QED) is 0.867. The van der Waals surface area contributed by atoms with E-state index < -0.39 is 9.84 Å². The molecule has 1 aliphatic heterocycles. The van der Waals surface area contributed by atoms with Crippen molar-refractivity contribution >= 4 is 15.5 Å². The molecule has 0 spiro atoms. The minimum atomic E-state index is -3.09. The minimum Gasteiger partial charge on any atom is -0.366 e. The Kier molecular flexibility index (Phi) is 3.40. The summed E-state index contributed by atoms with van der Waals surface area (Å²) < 4.78 is 22.7. The molecule has 1 aromatic rings. The van der Waals surface area contributed by atoms with Crippen LogP contribution in [0.2, 0.25) is 0 Å². The lowest BCUT2D eigenvalue weighted by molar-refractivity contribution is 0.417. The number of rotatable bonds is 4. The van der Waals surface area contributed by atoms with Gasteiger partial charge >= 0.3 is 0 Å². The largest absolute Gasteiger partial charge is 0.366 e. The number of sulfone groups is 1. The van der Waals surface area contributed by atoms with Crippen molar-refractivity contribution in [3.63, 3.8) is 0 Å². The molecule has 1 aliphatic rings. The molecular formula is C12H18N2O2S. The molecule has 0 atom stereocenters. The maximum atomic E-state index is 11.4. The molecule has 1 saturated heterocycles. The Morgan fingerprint density at radius 3 is 2.24 bits per heavy atom. The molecule has 0 amide bonds. The zero-order valence-corrected chi connectivity index (χ0v) is 11.0. The first-order chi connectivity index (χ1) is 8.02. The fourth-order valence-corrected chi connectivity index (χ4v) is 2.66. The van der Waals surface area contributed by atoms with E-state index in [-0.39, 0.29) is 0 Å². The Balaban J connectivity index is 2.21. The maximum Gasteiger partial charge on any atom is 0.175 e. The van der Waals surface area contributed by atoms with Crippen molar-refractivity contribution in [1.82, 2.24) is 5.32 Å². The monoisotopic (exact) mass is 254 g/mol. The van der Waals surface area contributed by atoms with Gasteiger partial charge in [0, 0.05) is 31.6 Å². The predicted molar refractivity (Wildman–Crippen MR) is 69.2 cm³/mol. The van der Waals surface area contributed by atoms with Gasteiger partial charge < -0.3 is 10.2 Å². The van der Waals surface area contributed by atoms with Gasteiger partial charge in [-0.1, -0.05) is 0 Å². The zero-order chi connectivity index (χ0) is 12.5. The summed E-state index contributed by atoms with van der Waals surface area (Å²) >= 11 is 0. The smallest absolute Gasteiger partial charge is 0.175 e. The third-order valence-electron chi connectivity index (χ3n) is 3.14. The van der Waals surface area contributed by atoms with Crippen molar-refractivity contribution in [2.24, 2.45) is 0 Å². The highest BCUT2D eigenvalue weighted by molar-refractivity contribution is 7.90. The molecule has 1 fully saturated rings. The first-order valence-electron chi connectivity index (χ1n) is 5.80. The van der Waals surface area contributed by atoms with Gasteiger partial charge in [0.1, 0.15) is 0 Å². The standard InChI is InChI=1S/C12H18N2O2S/c1-3-14(11-8-13-9-11)10-4-6-12(7-5-10)17(2,15)16/h4-7,11,13H,3,8-9H2,1-2H3. The van der Waals surface area contributed by atoms with Crippen LogP contribution >= 0.6 is 0 Å². The van der Waals surface area contributed by atoms with Gasteiger partial charge in [-0.2, -0.15) is 0 Å². The third kappa shape index (κ3) is 2.61. The molecule has 0 bridgehead atoms. The molecule has 0 saturated carbocycles. The maximum absolute atomic E-state index is 11.4. The van der Waals surface area contributed by atoms with Crippen molar-refractivity contribution in [2.45, 2.75) is 17.9 Å². The van der Waals surface area contributed by atoms with Gasteiger partial charge in [0.05, 0.1) is 10.9 Å². The number of benzene rings is 1. The molecule has 0 unspecified atom stereocenters. The second kappa shape index (κ2) is 4.66. The van der Waals surface area contributed by atoms with Crippen LogP contribution in [0.3, 0.4) is 0 Å². The number of hydrogen-bond acceptors (Lipinski definition) is 4. The Morgan fingerprint density at radius 1 is 1.29 bits per heavy atom.